The number of aryl methyl sites for hydroxylation is 3. The van der Waals surface area contributed by atoms with Crippen LogP contribution in [0.25, 0.3) is 0 Å². The van der Waals surface area contributed by atoms with Crippen LogP contribution in [0.2, 0.25) is 0 Å². The number of aromatic nitrogens is 1. The Hall–Kier alpha value is -1.55. The number of aromatic hydroxyl groups is 1. The van der Waals surface area contributed by atoms with Gasteiger partial charge in [0.1, 0.15) is 5.75 Å². The van der Waals surface area contributed by atoms with Gasteiger partial charge in [-0.1, -0.05) is 0 Å². The fraction of sp³-hybridized carbons (Fsp3) is 0.308. The molecule has 1 aromatic carbocycles. The molecule has 1 aromatic heterocycles. The van der Waals surface area contributed by atoms with E-state index in [1.54, 1.807) is 17.4 Å². The van der Waals surface area contributed by atoms with E-state index >= 15 is 0 Å². The van der Waals surface area contributed by atoms with Crippen LogP contribution < -0.4 is 5.32 Å². The summed E-state index contributed by atoms with van der Waals surface area (Å²) in [6.45, 7) is 6.72. The third kappa shape index (κ3) is 2.77. The van der Waals surface area contributed by atoms with E-state index in [1.165, 1.54) is 4.88 Å². The topological polar surface area (TPSA) is 45.2 Å². The van der Waals surface area contributed by atoms with Crippen molar-refractivity contribution >= 4 is 17.0 Å². The molecule has 0 fully saturated rings. The molecule has 0 saturated carbocycles. The zero-order chi connectivity index (χ0) is 12.4. The van der Waals surface area contributed by atoms with Crippen LogP contribution in [0.15, 0.2) is 18.2 Å². The number of benzene rings is 1. The van der Waals surface area contributed by atoms with Crippen molar-refractivity contribution in [3.63, 3.8) is 0 Å². The Morgan fingerprint density at radius 2 is 2.06 bits per heavy atom. The highest BCUT2D eigenvalue weighted by atomic mass is 32.1. The van der Waals surface area contributed by atoms with Gasteiger partial charge in [0.15, 0.2) is 0 Å². The van der Waals surface area contributed by atoms with E-state index in [1.807, 2.05) is 32.9 Å². The molecule has 0 aliphatic heterocycles. The molecule has 1 heterocycles. The molecule has 2 aromatic rings. The molecule has 0 bridgehead atoms. The third-order valence-electron chi connectivity index (χ3n) is 2.65. The zero-order valence-corrected chi connectivity index (χ0v) is 11.1. The van der Waals surface area contributed by atoms with Crippen molar-refractivity contribution in [3.05, 3.63) is 39.3 Å². The minimum atomic E-state index is 0.334. The summed E-state index contributed by atoms with van der Waals surface area (Å²) in [4.78, 5) is 5.65. The number of rotatable bonds is 3. The molecular formula is C13H16N2OS. The van der Waals surface area contributed by atoms with Gasteiger partial charge < -0.3 is 10.4 Å². The summed E-state index contributed by atoms with van der Waals surface area (Å²) in [6.07, 6.45) is 0. The first-order valence-electron chi connectivity index (χ1n) is 5.52. The minimum Gasteiger partial charge on any atom is -0.508 e. The van der Waals surface area contributed by atoms with E-state index in [0.29, 0.717) is 5.75 Å². The molecule has 0 aliphatic carbocycles. The predicted molar refractivity (Wildman–Crippen MR) is 71.8 cm³/mol. The molecular weight excluding hydrogens is 232 g/mol. The Bertz CT molecular complexity index is 534. The van der Waals surface area contributed by atoms with Crippen LogP contribution in [0.3, 0.4) is 0 Å². The van der Waals surface area contributed by atoms with Crippen LogP contribution in [-0.2, 0) is 6.54 Å². The number of phenolic OH excluding ortho intramolecular Hbond substituents is 1. The first-order chi connectivity index (χ1) is 8.06. The van der Waals surface area contributed by atoms with Gasteiger partial charge in [-0.05, 0) is 44.5 Å². The van der Waals surface area contributed by atoms with Crippen molar-refractivity contribution in [1.82, 2.24) is 4.98 Å². The average molecular weight is 248 g/mol. The molecule has 0 saturated heterocycles. The van der Waals surface area contributed by atoms with Crippen LogP contribution in [0.1, 0.15) is 21.1 Å². The minimum absolute atomic E-state index is 0.334. The molecule has 2 N–H and O–H groups in total. The van der Waals surface area contributed by atoms with E-state index in [0.717, 1.165) is 28.5 Å². The highest BCUT2D eigenvalue weighted by Gasteiger charge is 2.04. The molecule has 2 rings (SSSR count). The fourth-order valence-electron chi connectivity index (χ4n) is 1.69. The Labute approximate surface area is 105 Å². The molecule has 0 radical (unpaired) electrons. The maximum Gasteiger partial charge on any atom is 0.118 e. The summed E-state index contributed by atoms with van der Waals surface area (Å²) in [5.41, 5.74) is 2.99. The van der Waals surface area contributed by atoms with Gasteiger partial charge in [0.25, 0.3) is 0 Å². The highest BCUT2D eigenvalue weighted by Crippen LogP contribution is 2.22. The molecule has 17 heavy (non-hydrogen) atoms. The van der Waals surface area contributed by atoms with Gasteiger partial charge in [-0.3, -0.25) is 0 Å². The third-order valence-corrected chi connectivity index (χ3v) is 3.72. The SMILES string of the molecule is Cc1nc(C)c(CNc2ccc(O)c(C)c2)s1. The predicted octanol–water partition coefficient (Wildman–Crippen LogP) is 3.39. The quantitative estimate of drug-likeness (QED) is 0.818. The van der Waals surface area contributed by atoms with Crippen molar-refractivity contribution in [3.8, 4) is 5.75 Å². The second kappa shape index (κ2) is 4.75. The van der Waals surface area contributed by atoms with E-state index < -0.39 is 0 Å². The fourth-order valence-corrected chi connectivity index (χ4v) is 2.56. The number of nitrogens with zero attached hydrogens (tertiary/aromatic N) is 1. The Kier molecular flexibility index (Phi) is 3.33. The molecule has 0 atom stereocenters. The zero-order valence-electron chi connectivity index (χ0n) is 10.2. The molecule has 0 unspecified atom stereocenters. The van der Waals surface area contributed by atoms with Crippen LogP contribution >= 0.6 is 11.3 Å². The standard InChI is InChI=1S/C13H16N2OS/c1-8-6-11(4-5-12(8)16)14-7-13-9(2)15-10(3)17-13/h4-6,14,16H,7H2,1-3H3. The smallest absolute Gasteiger partial charge is 0.118 e. The maximum absolute atomic E-state index is 9.44. The van der Waals surface area contributed by atoms with Crippen molar-refractivity contribution in [1.29, 1.82) is 0 Å². The Balaban J connectivity index is 2.07. The molecule has 0 spiro atoms. The summed E-state index contributed by atoms with van der Waals surface area (Å²) < 4.78 is 0. The van der Waals surface area contributed by atoms with Crippen molar-refractivity contribution < 1.29 is 5.11 Å². The summed E-state index contributed by atoms with van der Waals surface area (Å²) in [7, 11) is 0. The van der Waals surface area contributed by atoms with E-state index in [2.05, 4.69) is 10.3 Å². The van der Waals surface area contributed by atoms with Gasteiger partial charge in [0.2, 0.25) is 0 Å². The summed E-state index contributed by atoms with van der Waals surface area (Å²) in [5.74, 6) is 0.334. The van der Waals surface area contributed by atoms with Crippen molar-refractivity contribution in [2.45, 2.75) is 27.3 Å². The molecule has 0 amide bonds. The number of thiazole rings is 1. The van der Waals surface area contributed by atoms with Gasteiger partial charge in [-0.2, -0.15) is 0 Å². The largest absolute Gasteiger partial charge is 0.508 e. The normalized spacial score (nSPS) is 10.5. The Morgan fingerprint density at radius 3 is 2.65 bits per heavy atom. The molecule has 3 nitrogen and oxygen atoms in total. The van der Waals surface area contributed by atoms with Crippen LogP contribution in [0.4, 0.5) is 5.69 Å². The number of hydrogen-bond donors (Lipinski definition) is 2. The van der Waals surface area contributed by atoms with Crippen LogP contribution in [-0.4, -0.2) is 10.1 Å². The van der Waals surface area contributed by atoms with Gasteiger partial charge in [0, 0.05) is 10.6 Å². The number of hydrogen-bond acceptors (Lipinski definition) is 4. The number of phenols is 1. The first-order valence-corrected chi connectivity index (χ1v) is 6.34. The lowest BCUT2D eigenvalue weighted by Gasteiger charge is -2.07. The maximum atomic E-state index is 9.44. The van der Waals surface area contributed by atoms with Crippen LogP contribution in [0, 0.1) is 20.8 Å². The lowest BCUT2D eigenvalue weighted by Crippen LogP contribution is -1.99. The first kappa shape index (κ1) is 11.9. The number of nitrogens with one attached hydrogen (secondary N) is 1. The highest BCUT2D eigenvalue weighted by molar-refractivity contribution is 7.11. The summed E-state index contributed by atoms with van der Waals surface area (Å²) in [6, 6.07) is 5.53. The molecule has 4 heteroatoms. The lowest BCUT2D eigenvalue weighted by atomic mass is 10.2. The van der Waals surface area contributed by atoms with Crippen molar-refractivity contribution in [2.24, 2.45) is 0 Å². The monoisotopic (exact) mass is 248 g/mol. The second-order valence-electron chi connectivity index (χ2n) is 4.10. The molecule has 0 aliphatic rings. The lowest BCUT2D eigenvalue weighted by molar-refractivity contribution is 0.471. The van der Waals surface area contributed by atoms with Gasteiger partial charge in [0.05, 0.1) is 17.2 Å². The van der Waals surface area contributed by atoms with E-state index in [-0.39, 0.29) is 0 Å². The van der Waals surface area contributed by atoms with E-state index in [4.69, 9.17) is 0 Å². The summed E-state index contributed by atoms with van der Waals surface area (Å²) in [5, 5.41) is 13.9. The van der Waals surface area contributed by atoms with Gasteiger partial charge in [-0.15, -0.1) is 11.3 Å². The van der Waals surface area contributed by atoms with Crippen molar-refractivity contribution in [2.75, 3.05) is 5.32 Å². The van der Waals surface area contributed by atoms with Gasteiger partial charge >= 0.3 is 0 Å². The van der Waals surface area contributed by atoms with Gasteiger partial charge in [-0.25, -0.2) is 4.98 Å². The molecule has 90 valence electrons. The Morgan fingerprint density at radius 1 is 1.29 bits per heavy atom. The van der Waals surface area contributed by atoms with E-state index in [9.17, 15) is 5.11 Å². The number of anilines is 1. The average Bonchev–Trinajstić information content (AvgIpc) is 2.59. The second-order valence-corrected chi connectivity index (χ2v) is 5.38. The summed E-state index contributed by atoms with van der Waals surface area (Å²) >= 11 is 1.72. The van der Waals surface area contributed by atoms with Crippen LogP contribution in [0.5, 0.6) is 5.75 Å².